The maximum Gasteiger partial charge on any atom is 0.269 e. The van der Waals surface area contributed by atoms with Gasteiger partial charge in [0.05, 0.1) is 4.92 Å². The van der Waals surface area contributed by atoms with Crippen molar-refractivity contribution in [3.8, 4) is 0 Å². The van der Waals surface area contributed by atoms with Crippen molar-refractivity contribution in [1.82, 2.24) is 0 Å². The average Bonchev–Trinajstić information content (AvgIpc) is 2.67. The van der Waals surface area contributed by atoms with Gasteiger partial charge < -0.3 is 4.90 Å². The maximum absolute atomic E-state index is 10.7. The van der Waals surface area contributed by atoms with Crippen LogP contribution in [0.15, 0.2) is 78.9 Å². The largest absolute Gasteiger partial charge is 0.345 e. The van der Waals surface area contributed by atoms with E-state index in [9.17, 15) is 10.1 Å². The van der Waals surface area contributed by atoms with Crippen molar-refractivity contribution in [3.05, 3.63) is 100 Å². The van der Waals surface area contributed by atoms with Crippen molar-refractivity contribution in [2.45, 2.75) is 0 Å². The van der Waals surface area contributed by atoms with Gasteiger partial charge in [-0.05, 0) is 47.5 Å². The van der Waals surface area contributed by atoms with E-state index in [1.165, 1.54) is 12.1 Å². The lowest BCUT2D eigenvalue weighted by Gasteiger charge is -2.19. The van der Waals surface area contributed by atoms with Crippen molar-refractivity contribution >= 4 is 29.2 Å². The third-order valence-electron chi connectivity index (χ3n) is 4.00. The smallest absolute Gasteiger partial charge is 0.269 e. The number of benzene rings is 3. The highest BCUT2D eigenvalue weighted by atomic mass is 16.6. The van der Waals surface area contributed by atoms with Crippen LogP contribution in [0.4, 0.5) is 17.1 Å². The molecule has 0 aliphatic heterocycles. The van der Waals surface area contributed by atoms with E-state index in [1.54, 1.807) is 12.1 Å². The standard InChI is InChI=1S/C21H18N2O2/c1-22(19-5-3-2-4-6-19)20-13-9-17(10-14-20)7-8-18-11-15-21(16-12-18)23(24)25/h2-16H,1H3. The van der Waals surface area contributed by atoms with Crippen molar-refractivity contribution in [3.63, 3.8) is 0 Å². The first-order valence-electron chi connectivity index (χ1n) is 7.95. The summed E-state index contributed by atoms with van der Waals surface area (Å²) in [5, 5.41) is 10.7. The van der Waals surface area contributed by atoms with Gasteiger partial charge in [-0.1, -0.05) is 42.5 Å². The zero-order chi connectivity index (χ0) is 17.6. The molecule has 4 nitrogen and oxygen atoms in total. The third kappa shape index (κ3) is 4.12. The van der Waals surface area contributed by atoms with Gasteiger partial charge >= 0.3 is 0 Å². The molecule has 0 bridgehead atoms. The van der Waals surface area contributed by atoms with Gasteiger partial charge in [-0.2, -0.15) is 0 Å². The normalized spacial score (nSPS) is 10.8. The van der Waals surface area contributed by atoms with Crippen LogP contribution in [0.1, 0.15) is 11.1 Å². The van der Waals surface area contributed by atoms with Gasteiger partial charge in [-0.15, -0.1) is 0 Å². The number of hydrogen-bond donors (Lipinski definition) is 0. The highest BCUT2D eigenvalue weighted by Gasteiger charge is 2.03. The third-order valence-corrected chi connectivity index (χ3v) is 4.00. The van der Waals surface area contributed by atoms with Crippen LogP contribution in [0.3, 0.4) is 0 Å². The fourth-order valence-electron chi connectivity index (χ4n) is 2.51. The molecular formula is C21H18N2O2. The quantitative estimate of drug-likeness (QED) is 0.351. The molecule has 0 radical (unpaired) electrons. The first-order chi connectivity index (χ1) is 12.1. The van der Waals surface area contributed by atoms with E-state index in [1.807, 2.05) is 37.4 Å². The fourth-order valence-corrected chi connectivity index (χ4v) is 2.51. The molecule has 124 valence electrons. The van der Waals surface area contributed by atoms with Crippen LogP contribution in [0.25, 0.3) is 12.2 Å². The topological polar surface area (TPSA) is 46.4 Å². The Morgan fingerprint density at radius 2 is 1.24 bits per heavy atom. The number of rotatable bonds is 5. The zero-order valence-corrected chi connectivity index (χ0v) is 13.9. The van der Waals surface area contributed by atoms with Crippen LogP contribution in [0.2, 0.25) is 0 Å². The van der Waals surface area contributed by atoms with Gasteiger partial charge in [-0.25, -0.2) is 0 Å². The Hall–Kier alpha value is -3.40. The van der Waals surface area contributed by atoms with Crippen LogP contribution in [0, 0.1) is 10.1 Å². The van der Waals surface area contributed by atoms with Gasteiger partial charge in [-0.3, -0.25) is 10.1 Å². The molecule has 0 fully saturated rings. The molecule has 0 aromatic heterocycles. The van der Waals surface area contributed by atoms with E-state index in [2.05, 4.69) is 41.3 Å². The van der Waals surface area contributed by atoms with E-state index in [0.717, 1.165) is 22.5 Å². The molecule has 0 heterocycles. The maximum atomic E-state index is 10.7. The number of non-ortho nitro benzene ring substituents is 1. The van der Waals surface area contributed by atoms with E-state index in [0.29, 0.717) is 0 Å². The molecule has 0 unspecified atom stereocenters. The number of nitrogens with zero attached hydrogens (tertiary/aromatic N) is 2. The van der Waals surface area contributed by atoms with Crippen molar-refractivity contribution in [2.24, 2.45) is 0 Å². The first kappa shape index (κ1) is 16.5. The Morgan fingerprint density at radius 3 is 1.76 bits per heavy atom. The lowest BCUT2D eigenvalue weighted by molar-refractivity contribution is -0.384. The number of hydrogen-bond acceptors (Lipinski definition) is 3. The molecule has 0 atom stereocenters. The van der Waals surface area contributed by atoms with E-state index in [4.69, 9.17) is 0 Å². The molecular weight excluding hydrogens is 312 g/mol. The molecule has 3 rings (SSSR count). The Morgan fingerprint density at radius 1 is 0.760 bits per heavy atom. The fraction of sp³-hybridized carbons (Fsp3) is 0.0476. The van der Waals surface area contributed by atoms with Crippen LogP contribution in [0.5, 0.6) is 0 Å². The highest BCUT2D eigenvalue weighted by Crippen LogP contribution is 2.24. The van der Waals surface area contributed by atoms with Gasteiger partial charge in [0.1, 0.15) is 0 Å². The van der Waals surface area contributed by atoms with E-state index >= 15 is 0 Å². The zero-order valence-electron chi connectivity index (χ0n) is 13.9. The number of para-hydroxylation sites is 1. The molecule has 0 saturated heterocycles. The second-order valence-electron chi connectivity index (χ2n) is 5.67. The molecule has 4 heteroatoms. The predicted molar refractivity (Wildman–Crippen MR) is 103 cm³/mol. The summed E-state index contributed by atoms with van der Waals surface area (Å²) in [4.78, 5) is 12.4. The summed E-state index contributed by atoms with van der Waals surface area (Å²) >= 11 is 0. The Labute approximate surface area is 146 Å². The molecule has 0 amide bonds. The minimum atomic E-state index is -0.393. The summed E-state index contributed by atoms with van der Waals surface area (Å²) in [6, 6.07) is 24.9. The average molecular weight is 330 g/mol. The number of anilines is 2. The molecule has 3 aromatic rings. The number of nitro benzene ring substituents is 1. The number of nitro groups is 1. The van der Waals surface area contributed by atoms with Gasteiger partial charge in [0, 0.05) is 30.6 Å². The lowest BCUT2D eigenvalue weighted by atomic mass is 10.1. The summed E-state index contributed by atoms with van der Waals surface area (Å²) in [6.45, 7) is 0. The SMILES string of the molecule is CN(c1ccccc1)c1ccc(C=Cc2ccc([N+](=O)[O-])cc2)cc1. The van der Waals surface area contributed by atoms with E-state index in [-0.39, 0.29) is 5.69 Å². The second kappa shape index (κ2) is 7.45. The first-order valence-corrected chi connectivity index (χ1v) is 7.95. The Bertz CT molecular complexity index is 870. The lowest BCUT2D eigenvalue weighted by Crippen LogP contribution is -2.08. The monoisotopic (exact) mass is 330 g/mol. The van der Waals surface area contributed by atoms with Crippen LogP contribution in [-0.2, 0) is 0 Å². The summed E-state index contributed by atoms with van der Waals surface area (Å²) < 4.78 is 0. The molecule has 0 saturated carbocycles. The summed E-state index contributed by atoms with van der Waals surface area (Å²) in [5.74, 6) is 0. The molecule has 0 aliphatic carbocycles. The summed E-state index contributed by atoms with van der Waals surface area (Å²) in [5.41, 5.74) is 4.35. The van der Waals surface area contributed by atoms with E-state index < -0.39 is 4.92 Å². The van der Waals surface area contributed by atoms with Crippen molar-refractivity contribution in [2.75, 3.05) is 11.9 Å². The van der Waals surface area contributed by atoms with Gasteiger partial charge in [0.2, 0.25) is 0 Å². The van der Waals surface area contributed by atoms with Crippen LogP contribution >= 0.6 is 0 Å². The van der Waals surface area contributed by atoms with Crippen LogP contribution in [-0.4, -0.2) is 12.0 Å². The Kier molecular flexibility index (Phi) is 4.90. The molecule has 0 spiro atoms. The summed E-state index contributed by atoms with van der Waals surface area (Å²) in [6.07, 6.45) is 3.94. The van der Waals surface area contributed by atoms with Crippen molar-refractivity contribution in [1.29, 1.82) is 0 Å². The minimum absolute atomic E-state index is 0.102. The van der Waals surface area contributed by atoms with Crippen LogP contribution < -0.4 is 4.90 Å². The molecule has 0 N–H and O–H groups in total. The predicted octanol–water partition coefficient (Wildman–Crippen LogP) is 5.53. The minimum Gasteiger partial charge on any atom is -0.345 e. The second-order valence-corrected chi connectivity index (χ2v) is 5.67. The highest BCUT2D eigenvalue weighted by molar-refractivity contribution is 5.72. The van der Waals surface area contributed by atoms with Crippen molar-refractivity contribution < 1.29 is 4.92 Å². The molecule has 3 aromatic carbocycles. The molecule has 0 aliphatic rings. The van der Waals surface area contributed by atoms with Gasteiger partial charge in [0.15, 0.2) is 0 Å². The van der Waals surface area contributed by atoms with Gasteiger partial charge in [0.25, 0.3) is 5.69 Å². The Balaban J connectivity index is 1.71. The molecule has 25 heavy (non-hydrogen) atoms. The summed E-state index contributed by atoms with van der Waals surface area (Å²) in [7, 11) is 2.04.